The molecule has 30 heavy (non-hydrogen) atoms. The van der Waals surface area contributed by atoms with Gasteiger partial charge >= 0.3 is 17.9 Å². The summed E-state index contributed by atoms with van der Waals surface area (Å²) in [6.07, 6.45) is 1.12. The summed E-state index contributed by atoms with van der Waals surface area (Å²) >= 11 is 0. The fraction of sp³-hybridized carbons (Fsp3) is 0.143. The van der Waals surface area contributed by atoms with Crippen LogP contribution in [0.4, 0.5) is 5.69 Å². The van der Waals surface area contributed by atoms with Crippen molar-refractivity contribution >= 4 is 29.5 Å². The van der Waals surface area contributed by atoms with Crippen LogP contribution < -0.4 is 11.1 Å². The molecule has 0 spiro atoms. The van der Waals surface area contributed by atoms with E-state index < -0.39 is 17.9 Å². The third kappa shape index (κ3) is 9.18. The third-order valence-electron chi connectivity index (χ3n) is 3.46. The highest BCUT2D eigenvalue weighted by molar-refractivity contribution is 5.96. The average molecular weight is 414 g/mol. The number of carbonyl (C=O) groups excluding carboxylic acids is 2. The molecule has 0 heterocycles. The van der Waals surface area contributed by atoms with Gasteiger partial charge in [0, 0.05) is 23.4 Å². The van der Waals surface area contributed by atoms with Crippen molar-refractivity contribution in [2.45, 2.75) is 6.92 Å². The van der Waals surface area contributed by atoms with Crippen molar-refractivity contribution in [2.75, 3.05) is 18.9 Å². The van der Waals surface area contributed by atoms with Gasteiger partial charge in [0.05, 0.1) is 6.61 Å². The third-order valence-corrected chi connectivity index (χ3v) is 3.46. The van der Waals surface area contributed by atoms with Crippen LogP contribution in [0.1, 0.15) is 17.3 Å². The summed E-state index contributed by atoms with van der Waals surface area (Å²) in [5.74, 6) is -3.27. The monoisotopic (exact) mass is 414 g/mol. The van der Waals surface area contributed by atoms with Crippen LogP contribution in [0.25, 0.3) is 11.1 Å². The number of esters is 1. The topological polar surface area (TPSA) is 156 Å². The van der Waals surface area contributed by atoms with Crippen LogP contribution in [0.3, 0.4) is 0 Å². The second kappa shape index (κ2) is 12.3. The predicted molar refractivity (Wildman–Crippen MR) is 110 cm³/mol. The molecule has 0 fully saturated rings. The van der Waals surface area contributed by atoms with E-state index >= 15 is 0 Å². The van der Waals surface area contributed by atoms with E-state index in [4.69, 9.17) is 20.7 Å². The van der Waals surface area contributed by atoms with Crippen molar-refractivity contribution in [3.8, 4) is 11.1 Å². The molecule has 0 unspecified atom stereocenters. The molecule has 2 rings (SSSR count). The number of aliphatic carboxylic acids is 2. The molecular formula is C21H22N2O7. The number of anilines is 1. The zero-order valence-electron chi connectivity index (χ0n) is 16.2. The van der Waals surface area contributed by atoms with Crippen LogP contribution in [0.5, 0.6) is 0 Å². The molecule has 158 valence electrons. The Bertz CT molecular complexity index is 888. The minimum Gasteiger partial charge on any atom is -0.478 e. The molecule has 9 heteroatoms. The van der Waals surface area contributed by atoms with Crippen molar-refractivity contribution in [3.05, 3.63) is 66.2 Å². The SMILES string of the molecule is CCOC(=O)CNC(=O)c1ccc(-c2ccc(N)cc2)cc1.O=C(O)C=CC(=O)O. The number of ether oxygens (including phenoxy) is 1. The molecule has 0 saturated carbocycles. The summed E-state index contributed by atoms with van der Waals surface area (Å²) in [6.45, 7) is 1.88. The Hall–Kier alpha value is -4.14. The number of rotatable bonds is 7. The van der Waals surface area contributed by atoms with E-state index in [-0.39, 0.29) is 12.5 Å². The number of nitrogens with two attached hydrogens (primary N) is 1. The molecule has 2 aromatic rings. The van der Waals surface area contributed by atoms with Gasteiger partial charge in [0.2, 0.25) is 0 Å². The molecule has 0 aliphatic rings. The molecule has 0 bridgehead atoms. The number of nitrogens with one attached hydrogen (secondary N) is 1. The van der Waals surface area contributed by atoms with Crippen molar-refractivity contribution in [1.82, 2.24) is 5.32 Å². The standard InChI is InChI=1S/C17H18N2O3.C4H4O4/c1-2-22-16(20)11-19-17(21)14-5-3-12(4-6-14)13-7-9-15(18)10-8-13;5-3(6)1-2-4(7)8/h3-10H,2,11,18H2,1H3,(H,19,21);1-2H,(H,5,6)(H,7,8). The summed E-state index contributed by atoms with van der Waals surface area (Å²) in [6, 6.07) is 14.6. The van der Waals surface area contributed by atoms with Crippen molar-refractivity contribution < 1.29 is 34.1 Å². The number of nitrogen functional groups attached to an aromatic ring is 1. The summed E-state index contributed by atoms with van der Waals surface area (Å²) in [4.78, 5) is 42.2. The maximum atomic E-state index is 11.9. The number of amides is 1. The number of carboxylic acid groups (broad SMARTS) is 2. The Morgan fingerprint density at radius 1 is 0.900 bits per heavy atom. The second-order valence-corrected chi connectivity index (χ2v) is 5.70. The van der Waals surface area contributed by atoms with E-state index in [1.54, 1.807) is 19.1 Å². The van der Waals surface area contributed by atoms with Crippen molar-refractivity contribution in [1.29, 1.82) is 0 Å². The highest BCUT2D eigenvalue weighted by atomic mass is 16.5. The first-order valence-electron chi connectivity index (χ1n) is 8.76. The molecule has 0 aliphatic carbocycles. The van der Waals surface area contributed by atoms with Gasteiger partial charge in [0.15, 0.2) is 0 Å². The van der Waals surface area contributed by atoms with Gasteiger partial charge in [-0.05, 0) is 42.3 Å². The quantitative estimate of drug-likeness (QED) is 0.304. The number of carbonyl (C=O) groups is 4. The predicted octanol–water partition coefficient (Wildman–Crippen LogP) is 1.94. The fourth-order valence-corrected chi connectivity index (χ4v) is 2.10. The molecule has 0 saturated heterocycles. The van der Waals surface area contributed by atoms with Crippen molar-refractivity contribution in [3.63, 3.8) is 0 Å². The van der Waals surface area contributed by atoms with Crippen molar-refractivity contribution in [2.24, 2.45) is 0 Å². The summed E-state index contributed by atoms with van der Waals surface area (Å²) in [5.41, 5.74) is 8.86. The van der Waals surface area contributed by atoms with E-state index in [0.29, 0.717) is 30.0 Å². The highest BCUT2D eigenvalue weighted by Crippen LogP contribution is 2.20. The minimum atomic E-state index is -1.26. The van der Waals surface area contributed by atoms with Gasteiger partial charge in [0.1, 0.15) is 6.54 Å². The largest absolute Gasteiger partial charge is 0.478 e. The van der Waals surface area contributed by atoms with Gasteiger partial charge in [-0.1, -0.05) is 24.3 Å². The molecule has 1 amide bonds. The van der Waals surface area contributed by atoms with Crippen LogP contribution >= 0.6 is 0 Å². The van der Waals surface area contributed by atoms with Gasteiger partial charge in [0.25, 0.3) is 5.91 Å². The fourth-order valence-electron chi connectivity index (χ4n) is 2.10. The van der Waals surface area contributed by atoms with E-state index in [2.05, 4.69) is 5.32 Å². The first-order chi connectivity index (χ1) is 14.2. The van der Waals surface area contributed by atoms with Gasteiger partial charge < -0.3 is 26.0 Å². The normalized spacial score (nSPS) is 9.90. The van der Waals surface area contributed by atoms with Gasteiger partial charge in [-0.3, -0.25) is 9.59 Å². The zero-order chi connectivity index (χ0) is 22.5. The molecule has 0 aliphatic heterocycles. The number of benzene rings is 2. The maximum Gasteiger partial charge on any atom is 0.328 e. The summed E-state index contributed by atoms with van der Waals surface area (Å²) < 4.78 is 4.75. The van der Waals surface area contributed by atoms with E-state index in [9.17, 15) is 19.2 Å². The minimum absolute atomic E-state index is 0.133. The molecular weight excluding hydrogens is 392 g/mol. The zero-order valence-corrected chi connectivity index (χ0v) is 16.2. The van der Waals surface area contributed by atoms with E-state index in [1.165, 1.54) is 0 Å². The lowest BCUT2D eigenvalue weighted by molar-refractivity contribution is -0.141. The number of hydrogen-bond donors (Lipinski definition) is 4. The maximum absolute atomic E-state index is 11.9. The summed E-state index contributed by atoms with van der Waals surface area (Å²) in [5, 5.41) is 18.1. The van der Waals surface area contributed by atoms with Gasteiger partial charge in [-0.15, -0.1) is 0 Å². The molecule has 0 aromatic heterocycles. The van der Waals surface area contributed by atoms with Crippen LogP contribution in [0.2, 0.25) is 0 Å². The number of hydrogen-bond acceptors (Lipinski definition) is 6. The van der Waals surface area contributed by atoms with Gasteiger partial charge in [-0.25, -0.2) is 9.59 Å². The molecule has 5 N–H and O–H groups in total. The molecule has 0 atom stereocenters. The Labute approximate surface area is 172 Å². The van der Waals surface area contributed by atoms with Crippen LogP contribution in [0, 0.1) is 0 Å². The first kappa shape index (κ1) is 23.9. The smallest absolute Gasteiger partial charge is 0.328 e. The molecule has 0 radical (unpaired) electrons. The van der Waals surface area contributed by atoms with Crippen LogP contribution in [-0.4, -0.2) is 47.2 Å². The Balaban J connectivity index is 0.000000479. The highest BCUT2D eigenvalue weighted by Gasteiger charge is 2.08. The summed E-state index contributed by atoms with van der Waals surface area (Å²) in [7, 11) is 0. The average Bonchev–Trinajstić information content (AvgIpc) is 2.72. The first-order valence-corrected chi connectivity index (χ1v) is 8.76. The Kier molecular flexibility index (Phi) is 9.83. The Morgan fingerprint density at radius 3 is 1.80 bits per heavy atom. The second-order valence-electron chi connectivity index (χ2n) is 5.70. The molecule has 2 aromatic carbocycles. The lowest BCUT2D eigenvalue weighted by Crippen LogP contribution is -2.30. The van der Waals surface area contributed by atoms with Gasteiger partial charge in [-0.2, -0.15) is 0 Å². The molecule has 9 nitrogen and oxygen atoms in total. The number of carboxylic acids is 2. The lowest BCUT2D eigenvalue weighted by atomic mass is 10.0. The van der Waals surface area contributed by atoms with E-state index in [1.807, 2.05) is 36.4 Å². The van der Waals surface area contributed by atoms with Crippen LogP contribution in [0.15, 0.2) is 60.7 Å². The van der Waals surface area contributed by atoms with Crippen LogP contribution in [-0.2, 0) is 19.1 Å². The Morgan fingerprint density at radius 2 is 1.37 bits per heavy atom. The lowest BCUT2D eigenvalue weighted by Gasteiger charge is -2.06. The van der Waals surface area contributed by atoms with E-state index in [0.717, 1.165) is 11.1 Å².